The van der Waals surface area contributed by atoms with E-state index < -0.39 is 0 Å². The number of likely N-dealkylation sites (tertiary alicyclic amines) is 1. The lowest BCUT2D eigenvalue weighted by Crippen LogP contribution is -2.31. The fourth-order valence-corrected chi connectivity index (χ4v) is 2.50. The molecule has 5 nitrogen and oxygen atoms in total. The molecule has 1 aromatic carbocycles. The third-order valence-corrected chi connectivity index (χ3v) is 3.64. The Morgan fingerprint density at radius 1 is 1.35 bits per heavy atom. The molecule has 5 heteroatoms. The van der Waals surface area contributed by atoms with Gasteiger partial charge in [-0.2, -0.15) is 0 Å². The summed E-state index contributed by atoms with van der Waals surface area (Å²) < 4.78 is 2.00. The van der Waals surface area contributed by atoms with Gasteiger partial charge in [0.15, 0.2) is 0 Å². The highest BCUT2D eigenvalue weighted by Gasteiger charge is 2.24. The van der Waals surface area contributed by atoms with Gasteiger partial charge in [-0.25, -0.2) is 4.98 Å². The Morgan fingerprint density at radius 3 is 2.75 bits per heavy atom. The molecule has 0 aliphatic carbocycles. The minimum atomic E-state index is 0.0760. The first-order chi connectivity index (χ1) is 9.72. The smallest absolute Gasteiger partial charge is 0.253 e. The van der Waals surface area contributed by atoms with E-state index >= 15 is 0 Å². The fraction of sp³-hybridized carbons (Fsp3) is 0.333. The molecule has 1 aromatic heterocycles. The van der Waals surface area contributed by atoms with Crippen LogP contribution in [0, 0.1) is 0 Å². The first-order valence-electron chi connectivity index (χ1n) is 6.82. The number of hydrogen-bond acceptors (Lipinski definition) is 3. The van der Waals surface area contributed by atoms with Crippen molar-refractivity contribution < 1.29 is 4.79 Å². The highest BCUT2D eigenvalue weighted by molar-refractivity contribution is 5.94. The molecular formula is C15H18N4O. The van der Waals surface area contributed by atoms with Gasteiger partial charge >= 0.3 is 0 Å². The highest BCUT2D eigenvalue weighted by Crippen LogP contribution is 2.13. The van der Waals surface area contributed by atoms with Crippen LogP contribution in [0.4, 0.5) is 0 Å². The lowest BCUT2D eigenvalue weighted by atomic mass is 10.1. The van der Waals surface area contributed by atoms with Crippen LogP contribution < -0.4 is 5.73 Å². The number of benzene rings is 1. The van der Waals surface area contributed by atoms with Crippen LogP contribution in [0.15, 0.2) is 43.0 Å². The molecule has 0 radical (unpaired) electrons. The number of amides is 1. The lowest BCUT2D eigenvalue weighted by molar-refractivity contribution is 0.0791. The number of imidazole rings is 1. The maximum atomic E-state index is 12.3. The second-order valence-electron chi connectivity index (χ2n) is 5.23. The molecule has 0 bridgehead atoms. The average molecular weight is 270 g/mol. The maximum absolute atomic E-state index is 12.3. The third kappa shape index (κ3) is 2.72. The van der Waals surface area contributed by atoms with Crippen molar-refractivity contribution in [3.63, 3.8) is 0 Å². The summed E-state index contributed by atoms with van der Waals surface area (Å²) in [5, 5.41) is 0. The molecule has 104 valence electrons. The minimum Gasteiger partial charge on any atom is -0.337 e. The molecular weight excluding hydrogens is 252 g/mol. The van der Waals surface area contributed by atoms with Gasteiger partial charge in [0, 0.05) is 43.6 Å². The third-order valence-electron chi connectivity index (χ3n) is 3.64. The predicted molar refractivity (Wildman–Crippen MR) is 76.3 cm³/mol. The first kappa shape index (κ1) is 12.9. The van der Waals surface area contributed by atoms with Crippen LogP contribution in [0.5, 0.6) is 0 Å². The molecule has 20 heavy (non-hydrogen) atoms. The summed E-state index contributed by atoms with van der Waals surface area (Å²) >= 11 is 0. The monoisotopic (exact) mass is 270 g/mol. The summed E-state index contributed by atoms with van der Waals surface area (Å²) in [7, 11) is 0. The summed E-state index contributed by atoms with van der Waals surface area (Å²) in [4.78, 5) is 18.1. The summed E-state index contributed by atoms with van der Waals surface area (Å²) in [6, 6.07) is 7.88. The van der Waals surface area contributed by atoms with Gasteiger partial charge in [0.1, 0.15) is 0 Å². The minimum absolute atomic E-state index is 0.0760. The summed E-state index contributed by atoms with van der Waals surface area (Å²) in [6.07, 6.45) is 6.36. The molecule has 1 amide bonds. The molecule has 1 saturated heterocycles. The zero-order chi connectivity index (χ0) is 13.9. The van der Waals surface area contributed by atoms with E-state index in [0.717, 1.165) is 30.6 Å². The van der Waals surface area contributed by atoms with E-state index in [1.165, 1.54) is 0 Å². The molecule has 0 unspecified atom stereocenters. The Labute approximate surface area is 118 Å². The summed E-state index contributed by atoms with van der Waals surface area (Å²) in [5.41, 5.74) is 7.72. The van der Waals surface area contributed by atoms with Crippen molar-refractivity contribution in [1.82, 2.24) is 14.5 Å². The van der Waals surface area contributed by atoms with Gasteiger partial charge in [-0.1, -0.05) is 12.1 Å². The van der Waals surface area contributed by atoms with E-state index in [2.05, 4.69) is 4.98 Å². The molecule has 0 spiro atoms. The number of nitrogens with two attached hydrogens (primary N) is 1. The molecule has 2 aromatic rings. The van der Waals surface area contributed by atoms with E-state index in [4.69, 9.17) is 5.73 Å². The quantitative estimate of drug-likeness (QED) is 0.908. The van der Waals surface area contributed by atoms with E-state index in [0.29, 0.717) is 6.54 Å². The van der Waals surface area contributed by atoms with Gasteiger partial charge in [0.25, 0.3) is 5.91 Å². The van der Waals surface area contributed by atoms with Crippen molar-refractivity contribution in [3.05, 3.63) is 54.1 Å². The second-order valence-corrected chi connectivity index (χ2v) is 5.23. The van der Waals surface area contributed by atoms with Gasteiger partial charge in [0.2, 0.25) is 0 Å². The lowest BCUT2D eigenvalue weighted by Gasteiger charge is -2.16. The van der Waals surface area contributed by atoms with E-state index in [-0.39, 0.29) is 11.9 Å². The Kier molecular flexibility index (Phi) is 3.52. The zero-order valence-electron chi connectivity index (χ0n) is 11.3. The van der Waals surface area contributed by atoms with Gasteiger partial charge in [-0.05, 0) is 24.1 Å². The SMILES string of the molecule is N[C@H]1CCN(C(=O)c2ccc(Cn3ccnc3)cc2)C1. The second kappa shape index (κ2) is 5.46. The van der Waals surface area contributed by atoms with Crippen LogP contribution in [0.1, 0.15) is 22.3 Å². The predicted octanol–water partition coefficient (Wildman–Crippen LogP) is 1.10. The largest absolute Gasteiger partial charge is 0.337 e. The Morgan fingerprint density at radius 2 is 2.15 bits per heavy atom. The number of nitrogens with zero attached hydrogens (tertiary/aromatic N) is 3. The van der Waals surface area contributed by atoms with Crippen LogP contribution in [0.3, 0.4) is 0 Å². The molecule has 3 rings (SSSR count). The summed E-state index contributed by atoms with van der Waals surface area (Å²) in [5.74, 6) is 0.0760. The normalized spacial score (nSPS) is 18.4. The fourth-order valence-electron chi connectivity index (χ4n) is 2.50. The average Bonchev–Trinajstić information content (AvgIpc) is 3.10. The van der Waals surface area contributed by atoms with E-state index in [9.17, 15) is 4.79 Å². The topological polar surface area (TPSA) is 64.2 Å². The molecule has 1 atom stereocenters. The van der Waals surface area contributed by atoms with Crippen molar-refractivity contribution in [2.24, 2.45) is 5.73 Å². The highest BCUT2D eigenvalue weighted by atomic mass is 16.2. The van der Waals surface area contributed by atoms with Crippen LogP contribution in [-0.2, 0) is 6.54 Å². The van der Waals surface area contributed by atoms with Crippen molar-refractivity contribution in [2.45, 2.75) is 19.0 Å². The molecule has 1 aliphatic rings. The number of carbonyl (C=O) groups is 1. The van der Waals surface area contributed by atoms with Crippen molar-refractivity contribution in [2.75, 3.05) is 13.1 Å². The molecule has 2 N–H and O–H groups in total. The van der Waals surface area contributed by atoms with Crippen molar-refractivity contribution in [3.8, 4) is 0 Å². The van der Waals surface area contributed by atoms with Gasteiger partial charge in [0.05, 0.1) is 6.33 Å². The van der Waals surface area contributed by atoms with Crippen LogP contribution in [-0.4, -0.2) is 39.5 Å². The number of aromatic nitrogens is 2. The van der Waals surface area contributed by atoms with Gasteiger partial charge < -0.3 is 15.2 Å². The standard InChI is InChI=1S/C15H18N4O/c16-14-5-7-19(10-14)15(20)13-3-1-12(2-4-13)9-18-8-6-17-11-18/h1-4,6,8,11,14H,5,7,9-10,16H2/t14-/m0/s1. The summed E-state index contributed by atoms with van der Waals surface area (Å²) in [6.45, 7) is 2.19. The van der Waals surface area contributed by atoms with Crippen molar-refractivity contribution >= 4 is 5.91 Å². The number of hydrogen-bond donors (Lipinski definition) is 1. The van der Waals surface area contributed by atoms with Crippen LogP contribution in [0.25, 0.3) is 0 Å². The van der Waals surface area contributed by atoms with Gasteiger partial charge in [-0.3, -0.25) is 4.79 Å². The van der Waals surface area contributed by atoms with Crippen LogP contribution >= 0.6 is 0 Å². The first-order valence-corrected chi connectivity index (χ1v) is 6.82. The van der Waals surface area contributed by atoms with E-state index in [1.54, 1.807) is 12.5 Å². The molecule has 2 heterocycles. The number of carbonyl (C=O) groups excluding carboxylic acids is 1. The van der Waals surface area contributed by atoms with Crippen LogP contribution in [0.2, 0.25) is 0 Å². The molecule has 1 aliphatic heterocycles. The molecule has 1 fully saturated rings. The molecule has 0 saturated carbocycles. The Hall–Kier alpha value is -2.14. The zero-order valence-corrected chi connectivity index (χ0v) is 11.3. The van der Waals surface area contributed by atoms with Crippen molar-refractivity contribution in [1.29, 1.82) is 0 Å². The maximum Gasteiger partial charge on any atom is 0.253 e. The van der Waals surface area contributed by atoms with Gasteiger partial charge in [-0.15, -0.1) is 0 Å². The van der Waals surface area contributed by atoms with E-state index in [1.807, 2.05) is 39.9 Å². The number of rotatable bonds is 3. The Balaban J connectivity index is 1.68. The Bertz CT molecular complexity index is 576.